The van der Waals surface area contributed by atoms with Crippen molar-refractivity contribution in [2.75, 3.05) is 32.0 Å². The first-order valence-electron chi connectivity index (χ1n) is 10.2. The second kappa shape index (κ2) is 9.44. The fraction of sp³-hybridized carbons (Fsp3) is 0.217. The third kappa shape index (κ3) is 4.27. The van der Waals surface area contributed by atoms with Crippen molar-refractivity contribution in [2.24, 2.45) is 0 Å². The highest BCUT2D eigenvalue weighted by Gasteiger charge is 2.37. The quantitative estimate of drug-likeness (QED) is 0.510. The van der Waals surface area contributed by atoms with E-state index in [1.165, 1.54) is 18.9 Å². The molecule has 0 bridgehead atoms. The molecule has 0 fully saturated rings. The first kappa shape index (κ1) is 23.1. The molecule has 1 aliphatic rings. The molecule has 2 aromatic carbocycles. The molecule has 4 rings (SSSR count). The summed E-state index contributed by atoms with van der Waals surface area (Å²) in [5.41, 5.74) is 2.07. The van der Waals surface area contributed by atoms with Crippen LogP contribution in [0.1, 0.15) is 29.1 Å². The molecule has 0 radical (unpaired) electrons. The lowest BCUT2D eigenvalue weighted by molar-refractivity contribution is -0.113. The number of anilines is 2. The molecule has 1 amide bonds. The van der Waals surface area contributed by atoms with Gasteiger partial charge in [0.05, 0.1) is 26.9 Å². The lowest BCUT2D eigenvalue weighted by Gasteiger charge is -2.29. The standard InChI is InChI=1S/C23H22ClN5O5/c1-12-18(21(30)26-14-7-5-13(24)6-8-14)19(16-10-9-15(32-2)11-17(16)33-3)29-23(25-12)27-20(28-29)22(31)34-4/h5-11,19H,1-4H3,(H,26,30)(H,25,27,28). The van der Waals surface area contributed by atoms with E-state index in [1.54, 1.807) is 56.5 Å². The molecule has 34 heavy (non-hydrogen) atoms. The summed E-state index contributed by atoms with van der Waals surface area (Å²) in [6, 6.07) is 11.2. The van der Waals surface area contributed by atoms with E-state index in [2.05, 4.69) is 20.7 Å². The molecule has 0 aliphatic carbocycles. The maximum Gasteiger partial charge on any atom is 0.378 e. The summed E-state index contributed by atoms with van der Waals surface area (Å²) < 4.78 is 17.1. The summed E-state index contributed by atoms with van der Waals surface area (Å²) in [4.78, 5) is 29.9. The molecule has 0 saturated heterocycles. The number of halogens is 1. The summed E-state index contributed by atoms with van der Waals surface area (Å²) >= 11 is 5.96. The molecule has 176 valence electrons. The van der Waals surface area contributed by atoms with Crippen molar-refractivity contribution in [1.29, 1.82) is 0 Å². The van der Waals surface area contributed by atoms with Gasteiger partial charge >= 0.3 is 5.97 Å². The lowest BCUT2D eigenvalue weighted by atomic mass is 9.94. The van der Waals surface area contributed by atoms with Gasteiger partial charge in [0.2, 0.25) is 5.95 Å². The molecule has 1 aliphatic heterocycles. The zero-order valence-electron chi connectivity index (χ0n) is 18.9. The number of nitrogens with zero attached hydrogens (tertiary/aromatic N) is 3. The number of esters is 1. The van der Waals surface area contributed by atoms with Gasteiger partial charge in [0, 0.05) is 28.0 Å². The molecule has 10 nitrogen and oxygen atoms in total. The topological polar surface area (TPSA) is 117 Å². The summed E-state index contributed by atoms with van der Waals surface area (Å²) in [6.45, 7) is 1.75. The van der Waals surface area contributed by atoms with Crippen molar-refractivity contribution in [3.63, 3.8) is 0 Å². The summed E-state index contributed by atoms with van der Waals surface area (Å²) in [5, 5.41) is 10.8. The van der Waals surface area contributed by atoms with Crippen molar-refractivity contribution in [3.05, 3.63) is 70.1 Å². The molecule has 1 aromatic heterocycles. The van der Waals surface area contributed by atoms with Crippen LogP contribution in [0.15, 0.2) is 53.7 Å². The summed E-state index contributed by atoms with van der Waals surface area (Å²) in [6.07, 6.45) is 0. The van der Waals surface area contributed by atoms with Crippen molar-refractivity contribution in [1.82, 2.24) is 14.8 Å². The fourth-order valence-corrected chi connectivity index (χ4v) is 3.81. The van der Waals surface area contributed by atoms with Crippen molar-refractivity contribution in [3.8, 4) is 11.5 Å². The maximum absolute atomic E-state index is 13.5. The van der Waals surface area contributed by atoms with E-state index in [-0.39, 0.29) is 17.7 Å². The average Bonchev–Trinajstić information content (AvgIpc) is 3.27. The van der Waals surface area contributed by atoms with Crippen LogP contribution in [0.5, 0.6) is 11.5 Å². The highest BCUT2D eigenvalue weighted by molar-refractivity contribution is 6.30. The highest BCUT2D eigenvalue weighted by atomic mass is 35.5. The van der Waals surface area contributed by atoms with Gasteiger partial charge in [-0.3, -0.25) is 4.79 Å². The van der Waals surface area contributed by atoms with Crippen LogP contribution in [0, 0.1) is 0 Å². The molecule has 3 aromatic rings. The largest absolute Gasteiger partial charge is 0.497 e. The Morgan fingerprint density at radius 1 is 1.09 bits per heavy atom. The SMILES string of the molecule is COC(=O)c1nc2n(n1)C(c1ccc(OC)cc1OC)C(C(=O)Nc1ccc(Cl)cc1)=C(C)N2. The predicted octanol–water partition coefficient (Wildman–Crippen LogP) is 3.66. The van der Waals surface area contributed by atoms with Crippen molar-refractivity contribution < 1.29 is 23.8 Å². The summed E-state index contributed by atoms with van der Waals surface area (Å²) in [7, 11) is 4.31. The number of allylic oxidation sites excluding steroid dienone is 1. The third-order valence-corrected chi connectivity index (χ3v) is 5.55. The number of ether oxygens (including phenoxy) is 3. The van der Waals surface area contributed by atoms with Crippen LogP contribution in [0.3, 0.4) is 0 Å². The fourth-order valence-electron chi connectivity index (χ4n) is 3.69. The van der Waals surface area contributed by atoms with Crippen LogP contribution in [0.2, 0.25) is 5.02 Å². The van der Waals surface area contributed by atoms with E-state index < -0.39 is 12.0 Å². The van der Waals surface area contributed by atoms with Gasteiger partial charge in [-0.2, -0.15) is 4.98 Å². The van der Waals surface area contributed by atoms with Gasteiger partial charge in [0.1, 0.15) is 17.5 Å². The van der Waals surface area contributed by atoms with Gasteiger partial charge in [-0.1, -0.05) is 11.6 Å². The number of hydrogen-bond donors (Lipinski definition) is 2. The Labute approximate surface area is 200 Å². The predicted molar refractivity (Wildman–Crippen MR) is 125 cm³/mol. The minimum absolute atomic E-state index is 0.144. The Kier molecular flexibility index (Phi) is 6.42. The van der Waals surface area contributed by atoms with E-state index in [0.29, 0.717) is 39.0 Å². The second-order valence-electron chi connectivity index (χ2n) is 7.33. The summed E-state index contributed by atoms with van der Waals surface area (Å²) in [5.74, 6) is 0.108. The van der Waals surface area contributed by atoms with E-state index in [1.807, 2.05) is 0 Å². The normalized spacial score (nSPS) is 14.7. The molecule has 1 atom stereocenters. The minimum Gasteiger partial charge on any atom is -0.497 e. The van der Waals surface area contributed by atoms with Crippen LogP contribution in [0.4, 0.5) is 11.6 Å². The smallest absolute Gasteiger partial charge is 0.378 e. The lowest BCUT2D eigenvalue weighted by Crippen LogP contribution is -2.31. The van der Waals surface area contributed by atoms with Gasteiger partial charge in [-0.25, -0.2) is 9.48 Å². The third-order valence-electron chi connectivity index (χ3n) is 5.30. The van der Waals surface area contributed by atoms with E-state index in [0.717, 1.165) is 0 Å². The Hall–Kier alpha value is -4.05. The Balaban J connectivity index is 1.85. The number of carbonyl (C=O) groups excluding carboxylic acids is 2. The van der Waals surface area contributed by atoms with Crippen LogP contribution in [0.25, 0.3) is 0 Å². The van der Waals surface area contributed by atoms with Gasteiger partial charge in [-0.15, -0.1) is 5.10 Å². The molecule has 2 N–H and O–H groups in total. The Morgan fingerprint density at radius 2 is 1.82 bits per heavy atom. The number of rotatable bonds is 6. The first-order chi connectivity index (χ1) is 16.4. The highest BCUT2D eigenvalue weighted by Crippen LogP contribution is 2.40. The zero-order valence-corrected chi connectivity index (χ0v) is 19.6. The van der Waals surface area contributed by atoms with E-state index >= 15 is 0 Å². The number of nitrogens with one attached hydrogen (secondary N) is 2. The molecular weight excluding hydrogens is 462 g/mol. The van der Waals surface area contributed by atoms with Gasteiger partial charge in [-0.05, 0) is 43.3 Å². The van der Waals surface area contributed by atoms with E-state index in [9.17, 15) is 9.59 Å². The number of carbonyl (C=O) groups is 2. The Bertz CT molecular complexity index is 1290. The second-order valence-corrected chi connectivity index (χ2v) is 7.77. The van der Waals surface area contributed by atoms with Gasteiger partial charge < -0.3 is 24.8 Å². The monoisotopic (exact) mass is 483 g/mol. The van der Waals surface area contributed by atoms with Crippen LogP contribution < -0.4 is 20.1 Å². The first-order valence-corrected chi connectivity index (χ1v) is 10.6. The van der Waals surface area contributed by atoms with Crippen LogP contribution in [-0.2, 0) is 9.53 Å². The number of fused-ring (bicyclic) bond motifs is 1. The average molecular weight is 484 g/mol. The van der Waals surface area contributed by atoms with E-state index in [4.69, 9.17) is 25.8 Å². The maximum atomic E-state index is 13.5. The molecule has 1 unspecified atom stereocenters. The van der Waals surface area contributed by atoms with Crippen molar-refractivity contribution >= 4 is 35.1 Å². The molecular formula is C23H22ClN5O5. The minimum atomic E-state index is -0.768. The molecule has 0 saturated carbocycles. The number of methoxy groups -OCH3 is 3. The van der Waals surface area contributed by atoms with Crippen LogP contribution >= 0.6 is 11.6 Å². The molecule has 0 spiro atoms. The van der Waals surface area contributed by atoms with Gasteiger partial charge in [0.15, 0.2) is 0 Å². The van der Waals surface area contributed by atoms with Crippen LogP contribution in [-0.4, -0.2) is 48.0 Å². The Morgan fingerprint density at radius 3 is 2.47 bits per heavy atom. The number of hydrogen-bond acceptors (Lipinski definition) is 8. The number of benzene rings is 2. The zero-order chi connectivity index (χ0) is 24.4. The number of amides is 1. The number of aromatic nitrogens is 3. The van der Waals surface area contributed by atoms with Gasteiger partial charge in [0.25, 0.3) is 11.7 Å². The van der Waals surface area contributed by atoms with Crippen molar-refractivity contribution in [2.45, 2.75) is 13.0 Å². The molecule has 11 heteroatoms. The molecule has 2 heterocycles.